The van der Waals surface area contributed by atoms with Crippen LogP contribution < -0.4 is 5.43 Å². The van der Waals surface area contributed by atoms with Crippen LogP contribution in [0.2, 0.25) is 0 Å². The predicted molar refractivity (Wildman–Crippen MR) is 109 cm³/mol. The van der Waals surface area contributed by atoms with Crippen LogP contribution in [0, 0.1) is 18.6 Å². The van der Waals surface area contributed by atoms with Crippen LogP contribution in [0.15, 0.2) is 87.1 Å². The Balaban J connectivity index is 0.000000199. The Hall–Kier alpha value is -3.36. The molecule has 4 aromatic rings. The first-order valence-corrected chi connectivity index (χ1v) is 10.1. The van der Waals surface area contributed by atoms with Crippen molar-refractivity contribution in [3.63, 3.8) is 0 Å². The van der Waals surface area contributed by atoms with Gasteiger partial charge in [0, 0.05) is 0 Å². The van der Waals surface area contributed by atoms with E-state index in [-0.39, 0.29) is 21.4 Å². The van der Waals surface area contributed by atoms with Crippen molar-refractivity contribution in [2.24, 2.45) is 0 Å². The third-order valence-electron chi connectivity index (χ3n) is 4.21. The summed E-state index contributed by atoms with van der Waals surface area (Å²) in [6.07, 6.45) is 1.22. The Morgan fingerprint density at radius 1 is 0.933 bits per heavy atom. The molecule has 4 rings (SSSR count). The summed E-state index contributed by atoms with van der Waals surface area (Å²) in [5.41, 5.74) is 1.11. The van der Waals surface area contributed by atoms with E-state index in [1.807, 2.05) is 6.92 Å². The molecule has 1 N–H and O–H groups in total. The highest BCUT2D eigenvalue weighted by Crippen LogP contribution is 2.21. The third kappa shape index (κ3) is 4.79. The molecule has 0 fully saturated rings. The van der Waals surface area contributed by atoms with E-state index in [0.717, 1.165) is 5.56 Å². The highest BCUT2D eigenvalue weighted by molar-refractivity contribution is 7.85. The summed E-state index contributed by atoms with van der Waals surface area (Å²) in [6.45, 7) is 1.84. The summed E-state index contributed by atoms with van der Waals surface area (Å²) in [7, 11) is -4.02. The Labute approximate surface area is 171 Å². The van der Waals surface area contributed by atoms with Gasteiger partial charge < -0.3 is 4.42 Å². The number of hydrogen-bond acceptors (Lipinski definition) is 4. The summed E-state index contributed by atoms with van der Waals surface area (Å²) in [6, 6.07) is 15.7. The summed E-state index contributed by atoms with van der Waals surface area (Å²) < 4.78 is 61.6. The lowest BCUT2D eigenvalue weighted by molar-refractivity contribution is 0.483. The Bertz CT molecular complexity index is 1360. The first kappa shape index (κ1) is 21.4. The molecule has 0 unspecified atom stereocenters. The topological polar surface area (TPSA) is 84.6 Å². The quantitative estimate of drug-likeness (QED) is 0.454. The third-order valence-corrected chi connectivity index (χ3v) is 5.07. The number of rotatable bonds is 2. The van der Waals surface area contributed by atoms with Gasteiger partial charge in [-0.25, -0.2) is 8.78 Å². The van der Waals surface area contributed by atoms with Gasteiger partial charge in [-0.2, -0.15) is 8.42 Å². The van der Waals surface area contributed by atoms with E-state index in [4.69, 9.17) is 8.97 Å². The maximum atomic E-state index is 13.7. The molecule has 8 heteroatoms. The first-order chi connectivity index (χ1) is 14.2. The SMILES string of the molecule is Cc1ccc(S(=O)(=O)O)cc1.O=c1c(-c2cccc(F)c2)coc2cccc(F)c12. The standard InChI is InChI=1S/C15H8F2O2.C7H8O3S/c16-10-4-1-3-9(7-10)11-8-19-13-6-2-5-12(17)14(13)15(11)18;1-6-2-4-7(5-3-6)11(8,9)10/h1-8H;2-5H,1H3,(H,8,9,10). The van der Waals surface area contributed by atoms with Crippen molar-refractivity contribution < 1.29 is 26.2 Å². The maximum absolute atomic E-state index is 13.7. The lowest BCUT2D eigenvalue weighted by Gasteiger charge is -2.03. The Kier molecular flexibility index (Phi) is 6.09. The molecule has 0 radical (unpaired) electrons. The fraction of sp³-hybridized carbons (Fsp3) is 0.0455. The summed E-state index contributed by atoms with van der Waals surface area (Å²) in [4.78, 5) is 12.2. The van der Waals surface area contributed by atoms with Crippen molar-refractivity contribution in [1.82, 2.24) is 0 Å². The van der Waals surface area contributed by atoms with E-state index in [1.54, 1.807) is 18.2 Å². The average molecular weight is 430 g/mol. The van der Waals surface area contributed by atoms with Gasteiger partial charge in [0.1, 0.15) is 28.9 Å². The van der Waals surface area contributed by atoms with Gasteiger partial charge in [0.25, 0.3) is 10.1 Å². The molecule has 0 saturated heterocycles. The summed E-state index contributed by atoms with van der Waals surface area (Å²) >= 11 is 0. The van der Waals surface area contributed by atoms with Crippen LogP contribution in [0.4, 0.5) is 8.78 Å². The highest BCUT2D eigenvalue weighted by Gasteiger charge is 2.12. The van der Waals surface area contributed by atoms with Crippen molar-refractivity contribution in [2.75, 3.05) is 0 Å². The van der Waals surface area contributed by atoms with Gasteiger partial charge in [0.2, 0.25) is 5.43 Å². The summed E-state index contributed by atoms with van der Waals surface area (Å²) in [5.74, 6) is -1.12. The minimum atomic E-state index is -4.02. The van der Waals surface area contributed by atoms with Gasteiger partial charge in [0.15, 0.2) is 0 Å². The zero-order chi connectivity index (χ0) is 21.9. The second-order valence-electron chi connectivity index (χ2n) is 6.39. The van der Waals surface area contributed by atoms with E-state index in [2.05, 4.69) is 0 Å². The van der Waals surface area contributed by atoms with E-state index in [0.29, 0.717) is 5.56 Å². The van der Waals surface area contributed by atoms with Gasteiger partial charge in [-0.1, -0.05) is 35.9 Å². The molecular weight excluding hydrogens is 414 g/mol. The number of benzene rings is 3. The lowest BCUT2D eigenvalue weighted by Crippen LogP contribution is -2.06. The molecular formula is C22H16F2O5S. The lowest BCUT2D eigenvalue weighted by atomic mass is 10.1. The maximum Gasteiger partial charge on any atom is 0.294 e. The van der Waals surface area contributed by atoms with Crippen molar-refractivity contribution in [2.45, 2.75) is 11.8 Å². The highest BCUT2D eigenvalue weighted by atomic mass is 32.2. The Morgan fingerprint density at radius 3 is 2.23 bits per heavy atom. The van der Waals surface area contributed by atoms with Gasteiger partial charge in [-0.15, -0.1) is 0 Å². The molecule has 0 saturated carbocycles. The number of aryl methyl sites for hydroxylation is 1. The molecule has 3 aromatic carbocycles. The van der Waals surface area contributed by atoms with Gasteiger partial charge >= 0.3 is 0 Å². The van der Waals surface area contributed by atoms with E-state index in [9.17, 15) is 22.0 Å². The second kappa shape index (κ2) is 8.56. The molecule has 5 nitrogen and oxygen atoms in total. The van der Waals surface area contributed by atoms with Crippen molar-refractivity contribution in [1.29, 1.82) is 0 Å². The molecule has 0 bridgehead atoms. The van der Waals surface area contributed by atoms with E-state index < -0.39 is 27.2 Å². The molecule has 0 amide bonds. The van der Waals surface area contributed by atoms with E-state index in [1.165, 1.54) is 54.8 Å². The van der Waals surface area contributed by atoms with Gasteiger partial charge in [-0.05, 0) is 48.9 Å². The van der Waals surface area contributed by atoms with Crippen LogP contribution in [0.3, 0.4) is 0 Å². The molecule has 0 atom stereocenters. The van der Waals surface area contributed by atoms with Crippen molar-refractivity contribution in [3.8, 4) is 11.1 Å². The zero-order valence-electron chi connectivity index (χ0n) is 15.7. The van der Waals surface area contributed by atoms with Crippen LogP contribution in [0.1, 0.15) is 5.56 Å². The minimum absolute atomic E-state index is 0.0666. The zero-order valence-corrected chi connectivity index (χ0v) is 16.5. The molecule has 0 aliphatic carbocycles. The number of hydrogen-bond donors (Lipinski definition) is 1. The summed E-state index contributed by atoms with van der Waals surface area (Å²) in [5, 5.41) is -0.121. The molecule has 0 spiro atoms. The largest absolute Gasteiger partial charge is 0.463 e. The van der Waals surface area contributed by atoms with Gasteiger partial charge in [-0.3, -0.25) is 9.35 Å². The van der Waals surface area contributed by atoms with Crippen LogP contribution in [-0.4, -0.2) is 13.0 Å². The molecule has 30 heavy (non-hydrogen) atoms. The fourth-order valence-electron chi connectivity index (χ4n) is 2.70. The van der Waals surface area contributed by atoms with Crippen LogP contribution in [0.5, 0.6) is 0 Å². The van der Waals surface area contributed by atoms with Crippen molar-refractivity contribution >= 4 is 21.1 Å². The average Bonchev–Trinajstić information content (AvgIpc) is 2.68. The smallest absolute Gasteiger partial charge is 0.294 e. The molecule has 0 aliphatic heterocycles. The number of halogens is 2. The molecule has 154 valence electrons. The van der Waals surface area contributed by atoms with Crippen LogP contribution in [-0.2, 0) is 10.1 Å². The van der Waals surface area contributed by atoms with Crippen LogP contribution in [0.25, 0.3) is 22.1 Å². The van der Waals surface area contributed by atoms with E-state index >= 15 is 0 Å². The van der Waals surface area contributed by atoms with Gasteiger partial charge in [0.05, 0.1) is 10.5 Å². The second-order valence-corrected chi connectivity index (χ2v) is 7.81. The Morgan fingerprint density at radius 2 is 1.60 bits per heavy atom. The normalized spacial score (nSPS) is 11.1. The molecule has 1 aromatic heterocycles. The fourth-order valence-corrected chi connectivity index (χ4v) is 3.18. The van der Waals surface area contributed by atoms with Crippen LogP contribution >= 0.6 is 0 Å². The molecule has 0 aliphatic rings. The molecule has 1 heterocycles. The first-order valence-electron chi connectivity index (χ1n) is 8.67. The monoisotopic (exact) mass is 430 g/mol. The predicted octanol–water partition coefficient (Wildman–Crippen LogP) is 4.98. The number of fused-ring (bicyclic) bond motifs is 1. The minimum Gasteiger partial charge on any atom is -0.463 e. The van der Waals surface area contributed by atoms with Crippen molar-refractivity contribution in [3.05, 3.63) is 100 Å².